The van der Waals surface area contributed by atoms with Crippen LogP contribution in [-0.4, -0.2) is 51.6 Å². The van der Waals surface area contributed by atoms with E-state index in [1.807, 2.05) is 4.90 Å². The Bertz CT molecular complexity index is 1550. The van der Waals surface area contributed by atoms with Gasteiger partial charge in [-0.2, -0.15) is 0 Å². The van der Waals surface area contributed by atoms with Gasteiger partial charge in [0.25, 0.3) is 5.91 Å². The van der Waals surface area contributed by atoms with Crippen molar-refractivity contribution in [2.24, 2.45) is 0 Å². The molecule has 1 amide bonds. The van der Waals surface area contributed by atoms with Gasteiger partial charge in [-0.1, -0.05) is 42.4 Å². The second-order valence-electron chi connectivity index (χ2n) is 7.94. The number of aromatic nitrogens is 3. The number of carbonyl (C=O) groups is 1. The second-order valence-corrected chi connectivity index (χ2v) is 8.31. The zero-order chi connectivity index (χ0) is 24.7. The number of carbonyl (C=O) groups excluding carboxylic acids is 1. The van der Waals surface area contributed by atoms with E-state index in [9.17, 15) is 9.18 Å². The van der Waals surface area contributed by atoms with Gasteiger partial charge in [0.15, 0.2) is 5.82 Å². The van der Waals surface area contributed by atoms with E-state index in [0.29, 0.717) is 34.1 Å². The molecule has 1 fully saturated rings. The number of piperazine rings is 1. The Hall–Kier alpha value is -4.16. The van der Waals surface area contributed by atoms with E-state index in [2.05, 4.69) is 26.4 Å². The third kappa shape index (κ3) is 3.72. The van der Waals surface area contributed by atoms with Gasteiger partial charge in [-0.05, 0) is 17.5 Å². The van der Waals surface area contributed by atoms with Gasteiger partial charge in [-0.25, -0.2) is 25.3 Å². The molecule has 2 aromatic carbocycles. The predicted molar refractivity (Wildman–Crippen MR) is 130 cm³/mol. The van der Waals surface area contributed by atoms with Crippen molar-refractivity contribution in [2.45, 2.75) is 6.17 Å². The first-order valence-electron chi connectivity index (χ1n) is 10.7. The summed E-state index contributed by atoms with van der Waals surface area (Å²) in [6.45, 7) is 11.9. The van der Waals surface area contributed by atoms with Crippen molar-refractivity contribution < 1.29 is 13.6 Å². The summed E-state index contributed by atoms with van der Waals surface area (Å²) in [5.41, 5.74) is 0.366. The van der Waals surface area contributed by atoms with Crippen molar-refractivity contribution in [1.82, 2.24) is 19.9 Å². The van der Waals surface area contributed by atoms with Crippen molar-refractivity contribution in [1.29, 1.82) is 0 Å². The maximum atomic E-state index is 15.8. The van der Waals surface area contributed by atoms with Crippen LogP contribution < -0.4 is 4.90 Å². The van der Waals surface area contributed by atoms with Gasteiger partial charge in [0.1, 0.15) is 35.7 Å². The van der Waals surface area contributed by atoms with Crippen molar-refractivity contribution in [3.8, 4) is 11.3 Å². The lowest BCUT2D eigenvalue weighted by Gasteiger charge is -2.35. The molecule has 0 radical (unpaired) electrons. The molecule has 174 valence electrons. The third-order valence-electron chi connectivity index (χ3n) is 6.05. The summed E-state index contributed by atoms with van der Waals surface area (Å²) < 4.78 is 30.0. The van der Waals surface area contributed by atoms with E-state index in [0.717, 1.165) is 0 Å². The fraction of sp³-hybridized carbons (Fsp3) is 0.160. The van der Waals surface area contributed by atoms with Crippen LogP contribution in [-0.2, 0) is 4.79 Å². The molecule has 5 rings (SSSR count). The third-order valence-corrected chi connectivity index (χ3v) is 6.42. The largest absolute Gasteiger partial charge is 0.344 e. The highest BCUT2D eigenvalue weighted by Crippen LogP contribution is 2.37. The molecule has 1 atom stereocenters. The molecule has 35 heavy (non-hydrogen) atoms. The smallest absolute Gasteiger partial charge is 0.318 e. The van der Waals surface area contributed by atoms with E-state index in [1.165, 1.54) is 29.6 Å². The van der Waals surface area contributed by atoms with E-state index >= 15 is 4.39 Å². The summed E-state index contributed by atoms with van der Waals surface area (Å²) in [5, 5.41) is 1.26. The van der Waals surface area contributed by atoms with Crippen molar-refractivity contribution >= 4 is 45.0 Å². The molecule has 0 saturated carbocycles. The number of halogens is 3. The highest BCUT2D eigenvalue weighted by atomic mass is 35.5. The van der Waals surface area contributed by atoms with Gasteiger partial charge in [0.2, 0.25) is 0 Å². The van der Waals surface area contributed by atoms with Gasteiger partial charge in [-0.15, -0.1) is 0 Å². The molecule has 0 bridgehead atoms. The maximum absolute atomic E-state index is 15.8. The van der Waals surface area contributed by atoms with Crippen LogP contribution in [0.2, 0.25) is 5.02 Å². The first-order chi connectivity index (χ1) is 16.9. The molecule has 2 aromatic heterocycles. The fourth-order valence-electron chi connectivity index (χ4n) is 4.37. The highest BCUT2D eigenvalue weighted by molar-refractivity contribution is 6.36. The molecule has 1 aliphatic rings. The lowest BCUT2D eigenvalue weighted by atomic mass is 10.0. The molecular formula is C25H17ClF2N6O. The highest BCUT2D eigenvalue weighted by Gasteiger charge is 2.35. The minimum absolute atomic E-state index is 0.0133. The SMILES string of the molecule is [C-]#[N+]C1CN(c2ncnc3c(F)c(-c4cccc5ccc(F)c(Cl)c45)ncc23)CCN1C(=O)C=C. The number of nitrogens with zero attached hydrogens (tertiary/aromatic N) is 6. The first-order valence-corrected chi connectivity index (χ1v) is 11.0. The van der Waals surface area contributed by atoms with E-state index in [1.54, 1.807) is 24.3 Å². The number of rotatable bonds is 3. The minimum atomic E-state index is -0.732. The zero-order valence-corrected chi connectivity index (χ0v) is 19.0. The Kier molecular flexibility index (Phi) is 5.75. The second kappa shape index (κ2) is 8.89. The van der Waals surface area contributed by atoms with Gasteiger partial charge < -0.3 is 4.90 Å². The average Bonchev–Trinajstić information content (AvgIpc) is 2.89. The van der Waals surface area contributed by atoms with Crippen LogP contribution in [0.3, 0.4) is 0 Å². The molecule has 3 heterocycles. The number of fused-ring (bicyclic) bond motifs is 2. The summed E-state index contributed by atoms with van der Waals surface area (Å²) in [4.78, 5) is 31.7. The Labute approximate surface area is 204 Å². The summed E-state index contributed by atoms with van der Waals surface area (Å²) in [6.07, 6.45) is 3.15. The summed E-state index contributed by atoms with van der Waals surface area (Å²) in [7, 11) is 0. The Morgan fingerprint density at radius 2 is 2.03 bits per heavy atom. The Morgan fingerprint density at radius 1 is 1.20 bits per heavy atom. The molecule has 1 saturated heterocycles. The topological polar surface area (TPSA) is 66.6 Å². The molecule has 0 spiro atoms. The van der Waals surface area contributed by atoms with E-state index in [-0.39, 0.29) is 35.2 Å². The van der Waals surface area contributed by atoms with E-state index in [4.69, 9.17) is 18.2 Å². The lowest BCUT2D eigenvalue weighted by Crippen LogP contribution is -2.53. The standard InChI is InChI=1S/C25H17ClF2N6O/c1-3-19(35)34-10-9-33(12-18(34)29-2)25-16-11-30-23(22(28)24(16)31-13-32-25)15-6-4-5-14-7-8-17(27)21(26)20(14)15/h3-8,11,13,18H,1,9-10,12H2. The van der Waals surface area contributed by atoms with Crippen LogP contribution in [0.5, 0.6) is 0 Å². The normalized spacial score (nSPS) is 15.9. The molecule has 4 aromatic rings. The maximum Gasteiger partial charge on any atom is 0.318 e. The van der Waals surface area contributed by atoms with Gasteiger partial charge >= 0.3 is 6.17 Å². The fourth-order valence-corrected chi connectivity index (χ4v) is 4.64. The van der Waals surface area contributed by atoms with Crippen LogP contribution in [0, 0.1) is 18.2 Å². The van der Waals surface area contributed by atoms with Crippen molar-refractivity contribution in [3.05, 3.63) is 83.6 Å². The van der Waals surface area contributed by atoms with Gasteiger partial charge in [0, 0.05) is 30.2 Å². The van der Waals surface area contributed by atoms with Crippen molar-refractivity contribution in [3.63, 3.8) is 0 Å². The van der Waals surface area contributed by atoms with Crippen LogP contribution in [0.1, 0.15) is 0 Å². The van der Waals surface area contributed by atoms with Gasteiger partial charge in [0.05, 0.1) is 10.4 Å². The molecule has 0 aliphatic carbocycles. The van der Waals surface area contributed by atoms with Gasteiger partial charge in [-0.3, -0.25) is 19.5 Å². The molecule has 1 aliphatic heterocycles. The Balaban J connectivity index is 1.60. The lowest BCUT2D eigenvalue weighted by molar-refractivity contribution is -0.127. The van der Waals surface area contributed by atoms with Crippen molar-refractivity contribution in [2.75, 3.05) is 24.5 Å². The minimum Gasteiger partial charge on any atom is -0.344 e. The zero-order valence-electron chi connectivity index (χ0n) is 18.3. The predicted octanol–water partition coefficient (Wildman–Crippen LogP) is 4.86. The Morgan fingerprint density at radius 3 is 2.80 bits per heavy atom. The number of anilines is 1. The number of benzene rings is 2. The van der Waals surface area contributed by atoms with Crippen LogP contribution in [0.25, 0.3) is 37.8 Å². The number of amides is 1. The molecule has 10 heteroatoms. The number of hydrogen-bond acceptors (Lipinski definition) is 5. The first kappa shape index (κ1) is 22.6. The molecule has 7 nitrogen and oxygen atoms in total. The monoisotopic (exact) mass is 490 g/mol. The molecule has 1 unspecified atom stereocenters. The summed E-state index contributed by atoms with van der Waals surface area (Å²) in [5.74, 6) is -1.21. The van der Waals surface area contributed by atoms with Crippen LogP contribution in [0.15, 0.2) is 55.5 Å². The number of pyridine rings is 1. The average molecular weight is 491 g/mol. The van der Waals surface area contributed by atoms with Crippen LogP contribution in [0.4, 0.5) is 14.6 Å². The summed E-state index contributed by atoms with van der Waals surface area (Å²) >= 11 is 6.23. The summed E-state index contributed by atoms with van der Waals surface area (Å²) in [6, 6.07) is 7.94. The quantitative estimate of drug-likeness (QED) is 0.303. The molecule has 0 N–H and O–H groups in total. The van der Waals surface area contributed by atoms with Crippen LogP contribution >= 0.6 is 11.6 Å². The molecular weight excluding hydrogens is 474 g/mol. The van der Waals surface area contributed by atoms with E-state index < -0.39 is 17.8 Å². The number of hydrogen-bond donors (Lipinski definition) is 0.